The van der Waals surface area contributed by atoms with E-state index >= 15 is 0 Å². The minimum atomic E-state index is -0.215. The van der Waals surface area contributed by atoms with E-state index in [9.17, 15) is 4.39 Å². The molecule has 1 aromatic heterocycles. The molecule has 2 aromatic rings. The third-order valence-electron chi connectivity index (χ3n) is 2.13. The molecule has 0 saturated carbocycles. The third-order valence-corrected chi connectivity index (χ3v) is 3.15. The van der Waals surface area contributed by atoms with Gasteiger partial charge in [-0.2, -0.15) is 0 Å². The van der Waals surface area contributed by atoms with Crippen molar-refractivity contribution in [2.75, 3.05) is 5.32 Å². The van der Waals surface area contributed by atoms with Gasteiger partial charge in [0.25, 0.3) is 0 Å². The molecule has 0 aliphatic heterocycles. The van der Waals surface area contributed by atoms with Crippen LogP contribution < -0.4 is 5.32 Å². The number of rotatable bonds is 4. The molecule has 0 fully saturated rings. The molecule has 0 amide bonds. The van der Waals surface area contributed by atoms with Gasteiger partial charge in [0.2, 0.25) is 5.13 Å². The lowest BCUT2D eigenvalue weighted by Gasteiger charge is -2.01. The van der Waals surface area contributed by atoms with Crippen LogP contribution in [0.15, 0.2) is 24.3 Å². The zero-order valence-corrected chi connectivity index (χ0v) is 9.72. The van der Waals surface area contributed by atoms with Crippen LogP contribution >= 0.6 is 11.3 Å². The highest BCUT2D eigenvalue weighted by molar-refractivity contribution is 7.15. The van der Waals surface area contributed by atoms with E-state index in [1.807, 2.05) is 6.92 Å². The van der Waals surface area contributed by atoms with Crippen molar-refractivity contribution in [1.29, 1.82) is 0 Å². The molecule has 1 aromatic carbocycles. The first-order valence-corrected chi connectivity index (χ1v) is 5.90. The second-order valence-electron chi connectivity index (χ2n) is 3.33. The van der Waals surface area contributed by atoms with Crippen LogP contribution in [0, 0.1) is 5.82 Å². The molecule has 0 radical (unpaired) electrons. The fourth-order valence-corrected chi connectivity index (χ4v) is 1.92. The Bertz CT molecular complexity index is 453. The van der Waals surface area contributed by atoms with Crippen LogP contribution in [0.1, 0.15) is 17.5 Å². The Labute approximate surface area is 97.3 Å². The Morgan fingerprint density at radius 1 is 1.25 bits per heavy atom. The van der Waals surface area contributed by atoms with Crippen LogP contribution in [-0.4, -0.2) is 10.2 Å². The van der Waals surface area contributed by atoms with Crippen LogP contribution in [0.5, 0.6) is 0 Å². The second kappa shape index (κ2) is 5.03. The summed E-state index contributed by atoms with van der Waals surface area (Å²) in [4.78, 5) is 0. The summed E-state index contributed by atoms with van der Waals surface area (Å²) in [5, 5.41) is 13.0. The zero-order chi connectivity index (χ0) is 11.4. The normalized spacial score (nSPS) is 10.4. The van der Waals surface area contributed by atoms with Crippen LogP contribution in [-0.2, 0) is 13.0 Å². The Balaban J connectivity index is 1.94. The Morgan fingerprint density at radius 2 is 2.00 bits per heavy atom. The molecule has 0 aliphatic carbocycles. The number of nitrogens with zero attached hydrogens (tertiary/aromatic N) is 2. The van der Waals surface area contributed by atoms with Crippen LogP contribution in [0.4, 0.5) is 9.52 Å². The van der Waals surface area contributed by atoms with Gasteiger partial charge in [-0.3, -0.25) is 0 Å². The molecule has 1 heterocycles. The van der Waals surface area contributed by atoms with Gasteiger partial charge < -0.3 is 5.32 Å². The summed E-state index contributed by atoms with van der Waals surface area (Å²) in [5.74, 6) is -0.215. The summed E-state index contributed by atoms with van der Waals surface area (Å²) in [6.07, 6.45) is 0.899. The molecule has 3 nitrogen and oxygen atoms in total. The lowest BCUT2D eigenvalue weighted by molar-refractivity contribution is 0.627. The molecule has 0 aliphatic rings. The molecule has 0 unspecified atom stereocenters. The quantitative estimate of drug-likeness (QED) is 0.888. The van der Waals surface area contributed by atoms with Gasteiger partial charge in [0, 0.05) is 6.54 Å². The van der Waals surface area contributed by atoms with Gasteiger partial charge in [0.1, 0.15) is 10.8 Å². The molecule has 0 saturated heterocycles. The van der Waals surface area contributed by atoms with E-state index in [2.05, 4.69) is 15.5 Å². The predicted molar refractivity (Wildman–Crippen MR) is 63.0 cm³/mol. The van der Waals surface area contributed by atoms with Crippen LogP contribution in [0.25, 0.3) is 0 Å². The van der Waals surface area contributed by atoms with Crippen molar-refractivity contribution in [1.82, 2.24) is 10.2 Å². The van der Waals surface area contributed by atoms with E-state index in [1.165, 1.54) is 12.1 Å². The predicted octanol–water partition coefficient (Wildman–Crippen LogP) is 2.85. The third kappa shape index (κ3) is 2.76. The molecule has 1 N–H and O–H groups in total. The van der Waals surface area contributed by atoms with E-state index < -0.39 is 0 Å². The number of hydrogen-bond acceptors (Lipinski definition) is 4. The topological polar surface area (TPSA) is 37.8 Å². The van der Waals surface area contributed by atoms with Crippen molar-refractivity contribution in [2.24, 2.45) is 0 Å². The van der Waals surface area contributed by atoms with Crippen molar-refractivity contribution in [3.63, 3.8) is 0 Å². The summed E-state index contributed by atoms with van der Waals surface area (Å²) >= 11 is 1.55. The highest BCUT2D eigenvalue weighted by atomic mass is 32.1. The number of aromatic nitrogens is 2. The standard InChI is InChI=1S/C11H12FN3S/c1-2-10-14-15-11(16-10)13-7-8-3-5-9(12)6-4-8/h3-6H,2,7H2,1H3,(H,13,15). The summed E-state index contributed by atoms with van der Waals surface area (Å²) in [6.45, 7) is 2.68. The molecule has 2 rings (SSSR count). The van der Waals surface area contributed by atoms with Crippen molar-refractivity contribution >= 4 is 16.5 Å². The van der Waals surface area contributed by atoms with E-state index in [0.717, 1.165) is 22.1 Å². The van der Waals surface area contributed by atoms with Crippen molar-refractivity contribution in [2.45, 2.75) is 19.9 Å². The minimum absolute atomic E-state index is 0.215. The van der Waals surface area contributed by atoms with Gasteiger partial charge in [-0.15, -0.1) is 10.2 Å². The first-order valence-electron chi connectivity index (χ1n) is 5.08. The number of hydrogen-bond donors (Lipinski definition) is 1. The Kier molecular flexibility index (Phi) is 3.46. The lowest BCUT2D eigenvalue weighted by atomic mass is 10.2. The summed E-state index contributed by atoms with van der Waals surface area (Å²) in [6, 6.07) is 6.41. The molecule has 84 valence electrons. The fraction of sp³-hybridized carbons (Fsp3) is 0.273. The fourth-order valence-electron chi connectivity index (χ4n) is 1.25. The van der Waals surface area contributed by atoms with Gasteiger partial charge in [-0.25, -0.2) is 4.39 Å². The van der Waals surface area contributed by atoms with Gasteiger partial charge in [-0.05, 0) is 24.1 Å². The summed E-state index contributed by atoms with van der Waals surface area (Å²) in [7, 11) is 0. The van der Waals surface area contributed by atoms with Crippen molar-refractivity contribution < 1.29 is 4.39 Å². The van der Waals surface area contributed by atoms with Gasteiger partial charge in [-0.1, -0.05) is 30.4 Å². The van der Waals surface area contributed by atoms with Gasteiger partial charge >= 0.3 is 0 Å². The molecule has 0 spiro atoms. The number of aryl methyl sites for hydroxylation is 1. The maximum atomic E-state index is 12.7. The Morgan fingerprint density at radius 3 is 2.62 bits per heavy atom. The highest BCUT2D eigenvalue weighted by Gasteiger charge is 2.01. The average Bonchev–Trinajstić information content (AvgIpc) is 2.76. The molecule has 5 heteroatoms. The average molecular weight is 237 g/mol. The molecule has 0 atom stereocenters. The SMILES string of the molecule is CCc1nnc(NCc2ccc(F)cc2)s1. The smallest absolute Gasteiger partial charge is 0.205 e. The molecule has 16 heavy (non-hydrogen) atoms. The molecule has 0 bridgehead atoms. The first kappa shape index (κ1) is 11.0. The number of halogens is 1. The Hall–Kier alpha value is -1.49. The first-order chi connectivity index (χ1) is 7.78. The largest absolute Gasteiger partial charge is 0.356 e. The van der Waals surface area contributed by atoms with E-state index in [-0.39, 0.29) is 5.82 Å². The van der Waals surface area contributed by atoms with Gasteiger partial charge in [0.05, 0.1) is 0 Å². The highest BCUT2D eigenvalue weighted by Crippen LogP contribution is 2.16. The number of anilines is 1. The summed E-state index contributed by atoms with van der Waals surface area (Å²) < 4.78 is 12.7. The lowest BCUT2D eigenvalue weighted by Crippen LogP contribution is -1.98. The van der Waals surface area contributed by atoms with Crippen LogP contribution in [0.3, 0.4) is 0 Å². The molecular formula is C11H12FN3S. The van der Waals surface area contributed by atoms with Gasteiger partial charge in [0.15, 0.2) is 0 Å². The zero-order valence-electron chi connectivity index (χ0n) is 8.90. The van der Waals surface area contributed by atoms with Crippen LogP contribution in [0.2, 0.25) is 0 Å². The van der Waals surface area contributed by atoms with E-state index in [1.54, 1.807) is 23.5 Å². The number of nitrogens with one attached hydrogen (secondary N) is 1. The number of benzene rings is 1. The second-order valence-corrected chi connectivity index (χ2v) is 4.40. The van der Waals surface area contributed by atoms with Crippen molar-refractivity contribution in [3.05, 3.63) is 40.7 Å². The summed E-state index contributed by atoms with van der Waals surface area (Å²) in [5.41, 5.74) is 1.02. The van der Waals surface area contributed by atoms with Crippen molar-refractivity contribution in [3.8, 4) is 0 Å². The maximum absolute atomic E-state index is 12.7. The monoisotopic (exact) mass is 237 g/mol. The van der Waals surface area contributed by atoms with E-state index in [4.69, 9.17) is 0 Å². The van der Waals surface area contributed by atoms with E-state index in [0.29, 0.717) is 6.54 Å². The minimum Gasteiger partial charge on any atom is -0.356 e. The maximum Gasteiger partial charge on any atom is 0.205 e. The molecular weight excluding hydrogens is 225 g/mol.